The van der Waals surface area contributed by atoms with Crippen molar-refractivity contribution in [2.24, 2.45) is 5.92 Å². The third-order valence-electron chi connectivity index (χ3n) is 6.34. The lowest BCUT2D eigenvalue weighted by atomic mass is 9.79. The lowest BCUT2D eigenvalue weighted by molar-refractivity contribution is -0.117. The minimum absolute atomic E-state index is 0.000891. The fourth-order valence-electron chi connectivity index (χ4n) is 3.39. The van der Waals surface area contributed by atoms with E-state index in [4.69, 9.17) is 14.6 Å². The highest BCUT2D eigenvalue weighted by atomic mass is 16.7. The summed E-state index contributed by atoms with van der Waals surface area (Å²) in [6.07, 6.45) is 1.72. The first-order valence-electron chi connectivity index (χ1n) is 11.0. The predicted molar refractivity (Wildman–Crippen MR) is 124 cm³/mol. The smallest absolute Gasteiger partial charge is 0.399 e. The summed E-state index contributed by atoms with van der Waals surface area (Å²) in [5, 5.41) is 14.6. The minimum Gasteiger partial charge on any atom is -0.399 e. The maximum Gasteiger partial charge on any atom is 0.495 e. The minimum atomic E-state index is -0.695. The third-order valence-corrected chi connectivity index (χ3v) is 6.34. The van der Waals surface area contributed by atoms with Crippen molar-refractivity contribution in [1.29, 1.82) is 5.26 Å². The van der Waals surface area contributed by atoms with E-state index in [0.29, 0.717) is 16.8 Å². The Morgan fingerprint density at radius 2 is 1.76 bits per heavy atom. The van der Waals surface area contributed by atoms with Gasteiger partial charge in [0.1, 0.15) is 11.5 Å². The summed E-state index contributed by atoms with van der Waals surface area (Å²) < 4.78 is 12.3. The molecule has 33 heavy (non-hydrogen) atoms. The Hall–Kier alpha value is -3.22. The van der Waals surface area contributed by atoms with Crippen molar-refractivity contribution in [1.82, 2.24) is 10.3 Å². The summed E-state index contributed by atoms with van der Waals surface area (Å²) in [6.45, 7) is 8.09. The summed E-state index contributed by atoms with van der Waals surface area (Å²) in [7, 11) is -0.695. The van der Waals surface area contributed by atoms with E-state index in [2.05, 4.69) is 21.7 Å². The number of hydrogen-bond acceptors (Lipinski definition) is 6. The quantitative estimate of drug-likeness (QED) is 0.660. The molecule has 170 valence electrons. The molecule has 4 rings (SSSR count). The molecule has 1 aromatic heterocycles. The Kier molecular flexibility index (Phi) is 5.99. The van der Waals surface area contributed by atoms with Gasteiger partial charge in [-0.05, 0) is 75.8 Å². The number of benzene rings is 1. The molecule has 0 bridgehead atoms. The second-order valence-corrected chi connectivity index (χ2v) is 9.51. The van der Waals surface area contributed by atoms with Crippen LogP contribution in [0.1, 0.15) is 62.2 Å². The Bertz CT molecular complexity index is 1100. The van der Waals surface area contributed by atoms with Crippen molar-refractivity contribution in [2.75, 3.05) is 5.32 Å². The molecule has 2 fully saturated rings. The second-order valence-electron chi connectivity index (χ2n) is 9.51. The van der Waals surface area contributed by atoms with Crippen LogP contribution in [0.25, 0.3) is 0 Å². The van der Waals surface area contributed by atoms with Gasteiger partial charge < -0.3 is 19.9 Å². The third kappa shape index (κ3) is 5.08. The summed E-state index contributed by atoms with van der Waals surface area (Å²) in [4.78, 5) is 29.6. The zero-order chi connectivity index (χ0) is 23.8. The number of carbonyl (C=O) groups is 2. The van der Waals surface area contributed by atoms with Gasteiger partial charge in [-0.2, -0.15) is 5.26 Å². The van der Waals surface area contributed by atoms with E-state index >= 15 is 0 Å². The topological polar surface area (TPSA) is 113 Å². The van der Waals surface area contributed by atoms with E-state index in [1.807, 2.05) is 27.7 Å². The zero-order valence-electron chi connectivity index (χ0n) is 19.3. The first kappa shape index (κ1) is 23.0. The highest BCUT2D eigenvalue weighted by molar-refractivity contribution is 6.62. The van der Waals surface area contributed by atoms with Crippen LogP contribution >= 0.6 is 0 Å². The van der Waals surface area contributed by atoms with Crippen molar-refractivity contribution in [2.45, 2.75) is 58.3 Å². The van der Waals surface area contributed by atoms with Gasteiger partial charge in [0, 0.05) is 12.5 Å². The molecule has 8 nitrogen and oxygen atoms in total. The van der Waals surface area contributed by atoms with Gasteiger partial charge in [-0.1, -0.05) is 12.1 Å². The van der Waals surface area contributed by atoms with Gasteiger partial charge in [-0.25, -0.2) is 4.98 Å². The molecule has 1 aliphatic carbocycles. The van der Waals surface area contributed by atoms with Crippen LogP contribution in [0.15, 0.2) is 36.4 Å². The van der Waals surface area contributed by atoms with E-state index in [1.165, 1.54) is 0 Å². The molecule has 1 aromatic carbocycles. The average molecular weight is 446 g/mol. The number of amides is 2. The molecule has 1 aliphatic heterocycles. The first-order chi connectivity index (χ1) is 15.6. The van der Waals surface area contributed by atoms with Crippen molar-refractivity contribution >= 4 is 30.2 Å². The summed E-state index contributed by atoms with van der Waals surface area (Å²) >= 11 is 0. The highest BCUT2D eigenvalue weighted by Crippen LogP contribution is 2.36. The summed E-state index contributed by atoms with van der Waals surface area (Å²) in [5.41, 5.74) is 1.08. The molecule has 1 saturated heterocycles. The molecule has 2 amide bonds. The number of aromatic nitrogens is 1. The van der Waals surface area contributed by atoms with Crippen molar-refractivity contribution in [3.8, 4) is 6.07 Å². The van der Waals surface area contributed by atoms with Gasteiger partial charge in [0.25, 0.3) is 5.91 Å². The van der Waals surface area contributed by atoms with E-state index in [9.17, 15) is 9.59 Å². The van der Waals surface area contributed by atoms with E-state index < -0.39 is 18.3 Å². The number of nitriles is 1. The molecule has 9 heteroatoms. The van der Waals surface area contributed by atoms with Gasteiger partial charge in [0.05, 0.1) is 22.8 Å². The van der Waals surface area contributed by atoms with Crippen LogP contribution in [0.3, 0.4) is 0 Å². The largest absolute Gasteiger partial charge is 0.495 e. The Morgan fingerprint density at radius 1 is 1.12 bits per heavy atom. The van der Waals surface area contributed by atoms with Gasteiger partial charge in [-0.3, -0.25) is 9.59 Å². The van der Waals surface area contributed by atoms with Crippen LogP contribution in [0.2, 0.25) is 0 Å². The predicted octanol–water partition coefficient (Wildman–Crippen LogP) is 2.53. The number of hydrogen-bond donors (Lipinski definition) is 2. The van der Waals surface area contributed by atoms with Crippen LogP contribution in [-0.4, -0.2) is 35.1 Å². The summed E-state index contributed by atoms with van der Waals surface area (Å²) in [5.74, 6) is -0.194. The molecule has 1 saturated carbocycles. The standard InChI is InChI=1S/C24H27BN4O4/c1-23(2)24(3,4)33-25(32-23)18-11-19(28-20(12-18)29-21(30)17-9-10-17)22(31)27-14-16-7-5-15(13-26)6-8-16/h5-8,11-12,17H,9-10,14H2,1-4H3,(H,27,31)(H,28,29,30). The van der Waals surface area contributed by atoms with E-state index in [1.54, 1.807) is 36.4 Å². The molecule has 2 N–H and O–H groups in total. The van der Waals surface area contributed by atoms with Crippen LogP contribution < -0.4 is 16.1 Å². The molecule has 2 aliphatic rings. The first-order valence-corrected chi connectivity index (χ1v) is 11.0. The molecular weight excluding hydrogens is 419 g/mol. The number of anilines is 1. The fraction of sp³-hybridized carbons (Fsp3) is 0.417. The van der Waals surface area contributed by atoms with Crippen molar-refractivity contribution in [3.63, 3.8) is 0 Å². The number of pyridine rings is 1. The van der Waals surface area contributed by atoms with Crippen LogP contribution in [0.4, 0.5) is 5.82 Å². The van der Waals surface area contributed by atoms with Gasteiger partial charge >= 0.3 is 7.12 Å². The summed E-state index contributed by atoms with van der Waals surface area (Å²) in [6, 6.07) is 12.4. The molecule has 2 heterocycles. The highest BCUT2D eigenvalue weighted by Gasteiger charge is 2.52. The molecule has 2 aromatic rings. The average Bonchev–Trinajstić information content (AvgIpc) is 3.59. The lowest BCUT2D eigenvalue weighted by Crippen LogP contribution is -2.41. The maximum atomic E-state index is 12.9. The molecular formula is C24H27BN4O4. The Labute approximate surface area is 193 Å². The van der Waals surface area contributed by atoms with Gasteiger partial charge in [0.2, 0.25) is 5.91 Å². The second kappa shape index (κ2) is 8.62. The van der Waals surface area contributed by atoms with E-state index in [0.717, 1.165) is 18.4 Å². The Balaban J connectivity index is 1.56. The van der Waals surface area contributed by atoms with Crippen molar-refractivity contribution in [3.05, 3.63) is 53.2 Å². The van der Waals surface area contributed by atoms with Crippen LogP contribution in [-0.2, 0) is 20.6 Å². The molecule has 0 spiro atoms. The lowest BCUT2D eigenvalue weighted by Gasteiger charge is -2.32. The molecule has 0 atom stereocenters. The number of nitrogens with zero attached hydrogens (tertiary/aromatic N) is 2. The van der Waals surface area contributed by atoms with Gasteiger partial charge in [-0.15, -0.1) is 0 Å². The molecule has 0 unspecified atom stereocenters. The van der Waals surface area contributed by atoms with Crippen LogP contribution in [0, 0.1) is 17.2 Å². The van der Waals surface area contributed by atoms with E-state index in [-0.39, 0.29) is 30.0 Å². The number of nitrogens with one attached hydrogen (secondary N) is 2. The SMILES string of the molecule is CC1(C)OB(c2cc(NC(=O)C3CC3)nc(C(=O)NCc3ccc(C#N)cc3)c2)OC1(C)C. The fourth-order valence-corrected chi connectivity index (χ4v) is 3.39. The number of rotatable bonds is 6. The normalized spacial score (nSPS) is 18.5. The van der Waals surface area contributed by atoms with Crippen LogP contribution in [0.5, 0.6) is 0 Å². The maximum absolute atomic E-state index is 12.9. The van der Waals surface area contributed by atoms with Gasteiger partial charge in [0.15, 0.2) is 0 Å². The molecule has 0 radical (unpaired) electrons. The van der Waals surface area contributed by atoms with Crippen molar-refractivity contribution < 1.29 is 18.9 Å². The Morgan fingerprint density at radius 3 is 2.33 bits per heavy atom. The number of carbonyl (C=O) groups excluding carboxylic acids is 2. The zero-order valence-corrected chi connectivity index (χ0v) is 19.3. The monoisotopic (exact) mass is 446 g/mol.